The normalized spacial score (nSPS) is 26.1. The fourth-order valence-corrected chi connectivity index (χ4v) is 2.49. The summed E-state index contributed by atoms with van der Waals surface area (Å²) in [6.45, 7) is 6.82. The van der Waals surface area contributed by atoms with Gasteiger partial charge in [-0.3, -0.25) is 4.90 Å². The largest absolute Gasteiger partial charge is 0.491 e. The lowest BCUT2D eigenvalue weighted by molar-refractivity contribution is -0.0786. The molecule has 1 aromatic carbocycles. The lowest BCUT2D eigenvalue weighted by atomic mass is 10.2. The van der Waals surface area contributed by atoms with Crippen LogP contribution in [0.3, 0.4) is 0 Å². The summed E-state index contributed by atoms with van der Waals surface area (Å²) in [5.41, 5.74) is 0. The molecule has 0 saturated carbocycles. The van der Waals surface area contributed by atoms with E-state index in [2.05, 4.69) is 18.7 Å². The molecule has 0 spiro atoms. The molecule has 106 valence electrons. The maximum Gasteiger partial charge on any atom is 0.119 e. The minimum absolute atomic E-state index is 0.228. The molecule has 1 heterocycles. The van der Waals surface area contributed by atoms with E-state index >= 15 is 0 Å². The Hall–Kier alpha value is -1.10. The number of aliphatic hydroxyl groups is 1. The van der Waals surface area contributed by atoms with Crippen molar-refractivity contribution in [3.8, 4) is 5.75 Å². The van der Waals surface area contributed by atoms with Crippen LogP contribution in [-0.2, 0) is 4.74 Å². The Kier molecular flexibility index (Phi) is 5.19. The van der Waals surface area contributed by atoms with E-state index < -0.39 is 6.10 Å². The molecule has 19 heavy (non-hydrogen) atoms. The number of hydrogen-bond donors (Lipinski definition) is 1. The lowest BCUT2D eigenvalue weighted by Crippen LogP contribution is -2.48. The van der Waals surface area contributed by atoms with Crippen LogP contribution in [0, 0.1) is 0 Å². The second-order valence-electron chi connectivity index (χ2n) is 5.25. The van der Waals surface area contributed by atoms with Crippen molar-refractivity contribution in [3.05, 3.63) is 30.3 Å². The van der Waals surface area contributed by atoms with E-state index in [0.29, 0.717) is 13.2 Å². The molecule has 3 unspecified atom stereocenters. The fraction of sp³-hybridized carbons (Fsp3) is 0.600. The van der Waals surface area contributed by atoms with Crippen molar-refractivity contribution in [2.24, 2.45) is 0 Å². The average Bonchev–Trinajstić information content (AvgIpc) is 2.36. The minimum Gasteiger partial charge on any atom is -0.491 e. The molecule has 0 aromatic heterocycles. The first kappa shape index (κ1) is 14.3. The Morgan fingerprint density at radius 1 is 1.26 bits per heavy atom. The van der Waals surface area contributed by atoms with Gasteiger partial charge in [0, 0.05) is 19.6 Å². The highest BCUT2D eigenvalue weighted by molar-refractivity contribution is 5.20. The molecule has 0 bridgehead atoms. The van der Waals surface area contributed by atoms with Crippen molar-refractivity contribution in [1.82, 2.24) is 4.90 Å². The molecule has 2 rings (SSSR count). The summed E-state index contributed by atoms with van der Waals surface area (Å²) in [4.78, 5) is 2.23. The fourth-order valence-electron chi connectivity index (χ4n) is 2.49. The van der Waals surface area contributed by atoms with Crippen molar-refractivity contribution in [2.75, 3.05) is 26.2 Å². The van der Waals surface area contributed by atoms with Crippen molar-refractivity contribution in [2.45, 2.75) is 32.2 Å². The third-order valence-corrected chi connectivity index (χ3v) is 3.15. The van der Waals surface area contributed by atoms with Gasteiger partial charge in [0.15, 0.2) is 0 Å². The van der Waals surface area contributed by atoms with Crippen LogP contribution < -0.4 is 4.74 Å². The van der Waals surface area contributed by atoms with Gasteiger partial charge in [0.2, 0.25) is 0 Å². The maximum absolute atomic E-state index is 10.0. The first-order chi connectivity index (χ1) is 9.13. The van der Waals surface area contributed by atoms with Crippen LogP contribution in [0.15, 0.2) is 30.3 Å². The van der Waals surface area contributed by atoms with Gasteiger partial charge in [-0.05, 0) is 26.0 Å². The summed E-state index contributed by atoms with van der Waals surface area (Å²) in [6.07, 6.45) is -0.0188. The summed E-state index contributed by atoms with van der Waals surface area (Å²) in [5, 5.41) is 10.0. The van der Waals surface area contributed by atoms with Gasteiger partial charge in [0.05, 0.1) is 12.2 Å². The summed E-state index contributed by atoms with van der Waals surface area (Å²) < 4.78 is 11.2. The van der Waals surface area contributed by atoms with Crippen LogP contribution in [0.4, 0.5) is 0 Å². The monoisotopic (exact) mass is 265 g/mol. The molecular weight excluding hydrogens is 242 g/mol. The zero-order valence-electron chi connectivity index (χ0n) is 11.7. The highest BCUT2D eigenvalue weighted by atomic mass is 16.5. The van der Waals surface area contributed by atoms with Gasteiger partial charge in [-0.1, -0.05) is 18.2 Å². The average molecular weight is 265 g/mol. The quantitative estimate of drug-likeness (QED) is 0.877. The van der Waals surface area contributed by atoms with Gasteiger partial charge in [0.25, 0.3) is 0 Å². The van der Waals surface area contributed by atoms with Gasteiger partial charge >= 0.3 is 0 Å². The first-order valence-corrected chi connectivity index (χ1v) is 6.87. The van der Waals surface area contributed by atoms with E-state index in [1.54, 1.807) is 0 Å². The maximum atomic E-state index is 10.0. The van der Waals surface area contributed by atoms with Gasteiger partial charge in [-0.25, -0.2) is 0 Å². The number of morpholine rings is 1. The van der Waals surface area contributed by atoms with Gasteiger partial charge in [-0.15, -0.1) is 0 Å². The van der Waals surface area contributed by atoms with Crippen LogP contribution in [-0.4, -0.2) is 54.6 Å². The van der Waals surface area contributed by atoms with Crippen LogP contribution in [0.25, 0.3) is 0 Å². The number of para-hydroxylation sites is 1. The Balaban J connectivity index is 1.73. The molecule has 1 aliphatic heterocycles. The van der Waals surface area contributed by atoms with E-state index in [1.807, 2.05) is 30.3 Å². The van der Waals surface area contributed by atoms with Crippen LogP contribution >= 0.6 is 0 Å². The summed E-state index contributed by atoms with van der Waals surface area (Å²) >= 11 is 0. The predicted octanol–water partition coefficient (Wildman–Crippen LogP) is 1.54. The van der Waals surface area contributed by atoms with E-state index in [4.69, 9.17) is 9.47 Å². The third kappa shape index (κ3) is 4.82. The smallest absolute Gasteiger partial charge is 0.119 e. The Morgan fingerprint density at radius 3 is 2.53 bits per heavy atom. The molecule has 1 fully saturated rings. The molecular formula is C15H23NO3. The number of hydrogen-bond acceptors (Lipinski definition) is 4. The molecule has 1 saturated heterocycles. The molecule has 0 amide bonds. The highest BCUT2D eigenvalue weighted by Crippen LogP contribution is 2.12. The highest BCUT2D eigenvalue weighted by Gasteiger charge is 2.23. The van der Waals surface area contributed by atoms with Crippen molar-refractivity contribution >= 4 is 0 Å². The molecule has 1 aromatic rings. The summed E-state index contributed by atoms with van der Waals surface area (Å²) in [5.74, 6) is 0.797. The Morgan fingerprint density at radius 2 is 1.89 bits per heavy atom. The van der Waals surface area contributed by atoms with Crippen molar-refractivity contribution < 1.29 is 14.6 Å². The Bertz CT molecular complexity index is 361. The standard InChI is InChI=1S/C15H23NO3/c1-12-8-16(9-13(2)19-12)10-14(17)11-18-15-6-4-3-5-7-15/h3-7,12-14,17H,8-11H2,1-2H3. The SMILES string of the molecule is CC1CN(CC(O)COc2ccccc2)CC(C)O1. The molecule has 1 N–H and O–H groups in total. The van der Waals surface area contributed by atoms with E-state index in [-0.39, 0.29) is 12.2 Å². The molecule has 4 heteroatoms. The number of aliphatic hydroxyl groups excluding tert-OH is 1. The first-order valence-electron chi connectivity index (χ1n) is 6.87. The summed E-state index contributed by atoms with van der Waals surface area (Å²) in [7, 11) is 0. The van der Waals surface area contributed by atoms with Gasteiger partial charge < -0.3 is 14.6 Å². The third-order valence-electron chi connectivity index (χ3n) is 3.15. The zero-order chi connectivity index (χ0) is 13.7. The van der Waals surface area contributed by atoms with E-state index in [1.165, 1.54) is 0 Å². The van der Waals surface area contributed by atoms with Crippen molar-refractivity contribution in [3.63, 3.8) is 0 Å². The number of nitrogens with zero attached hydrogens (tertiary/aromatic N) is 1. The molecule has 1 aliphatic rings. The van der Waals surface area contributed by atoms with Gasteiger partial charge in [-0.2, -0.15) is 0 Å². The van der Waals surface area contributed by atoms with Crippen molar-refractivity contribution in [1.29, 1.82) is 0 Å². The van der Waals surface area contributed by atoms with E-state index in [0.717, 1.165) is 18.8 Å². The van der Waals surface area contributed by atoms with Crippen LogP contribution in [0.2, 0.25) is 0 Å². The number of β-amino-alcohol motifs (C(OH)–C–C–N with tert-alkyl or cyclic N) is 1. The second kappa shape index (κ2) is 6.89. The second-order valence-corrected chi connectivity index (χ2v) is 5.25. The number of benzene rings is 1. The summed E-state index contributed by atoms with van der Waals surface area (Å²) in [6, 6.07) is 9.58. The Labute approximate surface area is 114 Å². The van der Waals surface area contributed by atoms with Crippen LogP contribution in [0.1, 0.15) is 13.8 Å². The van der Waals surface area contributed by atoms with Crippen LogP contribution in [0.5, 0.6) is 5.75 Å². The molecule has 0 aliphatic carbocycles. The van der Waals surface area contributed by atoms with Gasteiger partial charge in [0.1, 0.15) is 18.5 Å². The number of rotatable bonds is 5. The minimum atomic E-state index is -0.474. The lowest BCUT2D eigenvalue weighted by Gasteiger charge is -2.36. The predicted molar refractivity (Wildman–Crippen MR) is 74.4 cm³/mol. The number of ether oxygens (including phenoxy) is 2. The molecule has 0 radical (unpaired) electrons. The zero-order valence-corrected chi connectivity index (χ0v) is 11.7. The van der Waals surface area contributed by atoms with E-state index in [9.17, 15) is 5.11 Å². The molecule has 4 nitrogen and oxygen atoms in total. The molecule has 3 atom stereocenters. The topological polar surface area (TPSA) is 41.9 Å².